The number of hydrogen-bond donors (Lipinski definition) is 2. The van der Waals surface area contributed by atoms with Crippen molar-refractivity contribution in [3.05, 3.63) is 70.8 Å². The number of para-hydroxylation sites is 1. The highest BCUT2D eigenvalue weighted by atomic mass is 16.3. The topological polar surface area (TPSA) is 84.2 Å². The van der Waals surface area contributed by atoms with E-state index in [4.69, 9.17) is 0 Å². The Labute approximate surface area is 138 Å². The predicted molar refractivity (Wildman–Crippen MR) is 90.8 cm³/mol. The molecule has 1 amide bonds. The molecule has 0 saturated heterocycles. The molecule has 3 aromatic rings. The van der Waals surface area contributed by atoms with Gasteiger partial charge < -0.3 is 10.4 Å². The Morgan fingerprint density at radius 2 is 2.00 bits per heavy atom. The molecule has 6 nitrogen and oxygen atoms in total. The van der Waals surface area contributed by atoms with Gasteiger partial charge in [0.1, 0.15) is 12.3 Å². The lowest BCUT2D eigenvalue weighted by Gasteiger charge is -2.08. The van der Waals surface area contributed by atoms with Crippen molar-refractivity contribution in [3.8, 4) is 5.75 Å². The highest BCUT2D eigenvalue weighted by Crippen LogP contribution is 2.10. The molecular formula is C18H17N3O3. The maximum Gasteiger partial charge on any atom is 0.261 e. The number of carbonyl (C=O) groups is 1. The molecule has 6 heteroatoms. The Morgan fingerprint density at radius 1 is 1.17 bits per heavy atom. The minimum atomic E-state index is -0.255. The standard InChI is InChI=1S/C18H17N3O3/c22-14-5-3-4-13(10-14)8-9-19-17(23)11-21-12-20-16-7-2-1-6-15(16)18(21)24/h1-7,10,12,22H,8-9,11H2,(H,19,23). The minimum absolute atomic E-state index is 0.0727. The Kier molecular flexibility index (Phi) is 4.56. The third kappa shape index (κ3) is 3.60. The maximum absolute atomic E-state index is 12.3. The van der Waals surface area contributed by atoms with Crippen LogP contribution in [0.1, 0.15) is 5.56 Å². The molecule has 2 N–H and O–H groups in total. The molecule has 0 aliphatic carbocycles. The Morgan fingerprint density at radius 3 is 2.83 bits per heavy atom. The first-order chi connectivity index (χ1) is 11.6. The number of benzene rings is 2. The van der Waals surface area contributed by atoms with Gasteiger partial charge in [0.05, 0.1) is 17.2 Å². The molecule has 1 aromatic heterocycles. The quantitative estimate of drug-likeness (QED) is 0.744. The monoisotopic (exact) mass is 323 g/mol. The third-order valence-electron chi connectivity index (χ3n) is 3.69. The molecule has 0 aliphatic rings. The summed E-state index contributed by atoms with van der Waals surface area (Å²) in [4.78, 5) is 28.5. The fourth-order valence-electron chi connectivity index (χ4n) is 2.49. The first-order valence-corrected chi connectivity index (χ1v) is 7.62. The van der Waals surface area contributed by atoms with E-state index in [2.05, 4.69) is 10.3 Å². The Bertz CT molecular complexity index is 934. The van der Waals surface area contributed by atoms with E-state index in [1.165, 1.54) is 10.9 Å². The van der Waals surface area contributed by atoms with Crippen molar-refractivity contribution >= 4 is 16.8 Å². The summed E-state index contributed by atoms with van der Waals surface area (Å²) in [5, 5.41) is 12.7. The number of rotatable bonds is 5. The zero-order valence-electron chi connectivity index (χ0n) is 13.0. The first kappa shape index (κ1) is 15.7. The number of carbonyl (C=O) groups excluding carboxylic acids is 1. The lowest BCUT2D eigenvalue weighted by molar-refractivity contribution is -0.121. The van der Waals surface area contributed by atoms with Gasteiger partial charge in [0.2, 0.25) is 5.91 Å². The average molecular weight is 323 g/mol. The van der Waals surface area contributed by atoms with Gasteiger partial charge in [0.15, 0.2) is 0 Å². The van der Waals surface area contributed by atoms with Crippen molar-refractivity contribution in [2.75, 3.05) is 6.54 Å². The lowest BCUT2D eigenvalue weighted by atomic mass is 10.1. The van der Waals surface area contributed by atoms with Gasteiger partial charge in [0, 0.05) is 6.54 Å². The zero-order valence-corrected chi connectivity index (χ0v) is 13.0. The van der Waals surface area contributed by atoms with Gasteiger partial charge in [-0.05, 0) is 36.2 Å². The number of fused-ring (bicyclic) bond motifs is 1. The Balaban J connectivity index is 1.61. The van der Waals surface area contributed by atoms with Crippen LogP contribution in [0.25, 0.3) is 10.9 Å². The average Bonchev–Trinajstić information content (AvgIpc) is 2.58. The minimum Gasteiger partial charge on any atom is -0.508 e. The fourth-order valence-corrected chi connectivity index (χ4v) is 2.49. The van der Waals surface area contributed by atoms with Crippen LogP contribution in [0.4, 0.5) is 0 Å². The van der Waals surface area contributed by atoms with Gasteiger partial charge >= 0.3 is 0 Å². The van der Waals surface area contributed by atoms with Crippen LogP contribution < -0.4 is 10.9 Å². The normalized spacial score (nSPS) is 10.7. The highest BCUT2D eigenvalue weighted by molar-refractivity contribution is 5.78. The number of phenolic OH excluding ortho intramolecular Hbond substituents is 1. The molecule has 0 saturated carbocycles. The summed E-state index contributed by atoms with van der Waals surface area (Å²) in [6.45, 7) is 0.356. The first-order valence-electron chi connectivity index (χ1n) is 7.62. The summed E-state index contributed by atoms with van der Waals surface area (Å²) in [5.74, 6) is -0.0537. The summed E-state index contributed by atoms with van der Waals surface area (Å²) in [5.41, 5.74) is 1.31. The van der Waals surface area contributed by atoms with Gasteiger partial charge in [0.25, 0.3) is 5.56 Å². The molecule has 0 unspecified atom stereocenters. The predicted octanol–water partition coefficient (Wildman–Crippen LogP) is 1.46. The van der Waals surface area contributed by atoms with Crippen LogP contribution in [-0.2, 0) is 17.8 Å². The number of aromatic nitrogens is 2. The van der Waals surface area contributed by atoms with Crippen molar-refractivity contribution < 1.29 is 9.90 Å². The number of nitrogens with zero attached hydrogens (tertiary/aromatic N) is 2. The van der Waals surface area contributed by atoms with E-state index in [1.807, 2.05) is 12.1 Å². The second-order valence-corrected chi connectivity index (χ2v) is 5.46. The van der Waals surface area contributed by atoms with Crippen molar-refractivity contribution in [3.63, 3.8) is 0 Å². The van der Waals surface area contributed by atoms with Crippen molar-refractivity contribution in [2.24, 2.45) is 0 Å². The molecule has 0 spiro atoms. The number of nitrogens with one attached hydrogen (secondary N) is 1. The van der Waals surface area contributed by atoms with E-state index >= 15 is 0 Å². The molecule has 0 fully saturated rings. The molecule has 1 heterocycles. The SMILES string of the molecule is O=C(Cn1cnc2ccccc2c1=O)NCCc1cccc(O)c1. The second kappa shape index (κ2) is 6.95. The van der Waals surface area contributed by atoms with Crippen LogP contribution in [0, 0.1) is 0 Å². The molecule has 0 atom stereocenters. The summed E-state index contributed by atoms with van der Waals surface area (Å²) in [6.07, 6.45) is 1.99. The molecule has 2 aromatic carbocycles. The molecule has 0 radical (unpaired) electrons. The van der Waals surface area contributed by atoms with E-state index in [0.717, 1.165) is 5.56 Å². The Hall–Kier alpha value is -3.15. The summed E-state index contributed by atoms with van der Waals surface area (Å²) in [6, 6.07) is 13.9. The van der Waals surface area contributed by atoms with Crippen molar-refractivity contribution in [1.29, 1.82) is 0 Å². The number of hydrogen-bond acceptors (Lipinski definition) is 4. The van der Waals surface area contributed by atoms with E-state index in [0.29, 0.717) is 23.9 Å². The number of amides is 1. The molecule has 122 valence electrons. The lowest BCUT2D eigenvalue weighted by Crippen LogP contribution is -2.33. The number of phenols is 1. The van der Waals surface area contributed by atoms with Gasteiger partial charge in [-0.1, -0.05) is 24.3 Å². The maximum atomic E-state index is 12.3. The van der Waals surface area contributed by atoms with Gasteiger partial charge in [-0.15, -0.1) is 0 Å². The van der Waals surface area contributed by atoms with Crippen LogP contribution >= 0.6 is 0 Å². The summed E-state index contributed by atoms with van der Waals surface area (Å²) in [7, 11) is 0. The van der Waals surface area contributed by atoms with Crippen LogP contribution in [0.5, 0.6) is 5.75 Å². The van der Waals surface area contributed by atoms with E-state index < -0.39 is 0 Å². The smallest absolute Gasteiger partial charge is 0.261 e. The summed E-state index contributed by atoms with van der Waals surface area (Å²) < 4.78 is 1.30. The van der Waals surface area contributed by atoms with Crippen LogP contribution in [-0.4, -0.2) is 27.1 Å². The molecule has 0 aliphatic heterocycles. The largest absolute Gasteiger partial charge is 0.508 e. The van der Waals surface area contributed by atoms with Crippen molar-refractivity contribution in [2.45, 2.75) is 13.0 Å². The van der Waals surface area contributed by atoms with Crippen LogP contribution in [0.3, 0.4) is 0 Å². The van der Waals surface area contributed by atoms with Crippen molar-refractivity contribution in [1.82, 2.24) is 14.9 Å². The fraction of sp³-hybridized carbons (Fsp3) is 0.167. The molecule has 24 heavy (non-hydrogen) atoms. The molecule has 0 bridgehead atoms. The third-order valence-corrected chi connectivity index (χ3v) is 3.69. The zero-order chi connectivity index (χ0) is 16.9. The van der Waals surface area contributed by atoms with E-state index in [9.17, 15) is 14.7 Å². The van der Waals surface area contributed by atoms with Crippen LogP contribution in [0.2, 0.25) is 0 Å². The molecule has 3 rings (SSSR count). The molecular weight excluding hydrogens is 306 g/mol. The number of aromatic hydroxyl groups is 1. The van der Waals surface area contributed by atoms with Gasteiger partial charge in [-0.2, -0.15) is 0 Å². The summed E-state index contributed by atoms with van der Waals surface area (Å²) >= 11 is 0. The van der Waals surface area contributed by atoms with Gasteiger partial charge in [-0.25, -0.2) is 4.98 Å². The second-order valence-electron chi connectivity index (χ2n) is 5.46. The van der Waals surface area contributed by atoms with E-state index in [-0.39, 0.29) is 23.8 Å². The van der Waals surface area contributed by atoms with Gasteiger partial charge in [-0.3, -0.25) is 14.2 Å². The van der Waals surface area contributed by atoms with Crippen LogP contribution in [0.15, 0.2) is 59.7 Å². The van der Waals surface area contributed by atoms with E-state index in [1.54, 1.807) is 36.4 Å². The highest BCUT2D eigenvalue weighted by Gasteiger charge is 2.07.